The van der Waals surface area contributed by atoms with Crippen LogP contribution >= 0.6 is 11.6 Å². The number of benzene rings is 2. The summed E-state index contributed by atoms with van der Waals surface area (Å²) < 4.78 is 11.2. The fourth-order valence-corrected chi connectivity index (χ4v) is 3.42. The number of rotatable bonds is 5. The third-order valence-corrected chi connectivity index (χ3v) is 5.02. The van der Waals surface area contributed by atoms with Crippen molar-refractivity contribution in [3.05, 3.63) is 78.2 Å². The average Bonchev–Trinajstić information content (AvgIpc) is 2.82. The Labute approximate surface area is 182 Å². The molecule has 0 aliphatic carbocycles. The molecule has 2 aromatic carbocycles. The Morgan fingerprint density at radius 1 is 0.871 bits per heavy atom. The van der Waals surface area contributed by atoms with Crippen LogP contribution in [0.5, 0.6) is 17.2 Å². The number of aromatic nitrogens is 4. The molecule has 0 saturated heterocycles. The average molecular weight is 430 g/mol. The molecule has 0 saturated carbocycles. The molecule has 0 bridgehead atoms. The number of pyridine rings is 2. The number of methoxy groups -OCH3 is 1. The summed E-state index contributed by atoms with van der Waals surface area (Å²) in [6.07, 6.45) is 3.32. The molecule has 152 valence electrons. The molecule has 7 nitrogen and oxygen atoms in total. The van der Waals surface area contributed by atoms with Gasteiger partial charge in [0.1, 0.15) is 17.0 Å². The number of fused-ring (bicyclic) bond motifs is 2. The summed E-state index contributed by atoms with van der Waals surface area (Å²) in [4.78, 5) is 8.74. The topological polar surface area (TPSA) is 82.0 Å². The van der Waals surface area contributed by atoms with Crippen LogP contribution in [0.25, 0.3) is 21.8 Å². The van der Waals surface area contributed by atoms with E-state index >= 15 is 0 Å². The van der Waals surface area contributed by atoms with Crippen LogP contribution in [0.3, 0.4) is 0 Å². The third kappa shape index (κ3) is 3.78. The molecule has 8 heteroatoms. The zero-order valence-electron chi connectivity index (χ0n) is 16.4. The van der Waals surface area contributed by atoms with E-state index in [1.165, 1.54) is 0 Å². The lowest BCUT2D eigenvalue weighted by molar-refractivity contribution is 0.413. The molecule has 0 atom stereocenters. The third-order valence-electron chi connectivity index (χ3n) is 4.74. The Hall–Kier alpha value is -3.97. The Balaban J connectivity index is 1.39. The lowest BCUT2D eigenvalue weighted by atomic mass is 10.2. The minimum Gasteiger partial charge on any atom is -0.495 e. The van der Waals surface area contributed by atoms with Crippen molar-refractivity contribution in [3.8, 4) is 17.2 Å². The molecular weight excluding hydrogens is 414 g/mol. The molecule has 1 N–H and O–H groups in total. The highest BCUT2D eigenvalue weighted by Gasteiger charge is 2.09. The van der Waals surface area contributed by atoms with E-state index in [9.17, 15) is 0 Å². The molecule has 31 heavy (non-hydrogen) atoms. The predicted molar refractivity (Wildman–Crippen MR) is 120 cm³/mol. The van der Waals surface area contributed by atoms with Crippen molar-refractivity contribution in [2.24, 2.45) is 0 Å². The summed E-state index contributed by atoms with van der Waals surface area (Å²) in [5.41, 5.74) is 2.20. The van der Waals surface area contributed by atoms with Crippen molar-refractivity contribution in [2.75, 3.05) is 12.4 Å². The smallest absolute Gasteiger partial charge is 0.161 e. The van der Waals surface area contributed by atoms with E-state index in [1.54, 1.807) is 25.6 Å². The highest BCUT2D eigenvalue weighted by Crippen LogP contribution is 2.31. The van der Waals surface area contributed by atoms with Crippen LogP contribution in [-0.2, 0) is 0 Å². The second-order valence-electron chi connectivity index (χ2n) is 6.69. The zero-order chi connectivity index (χ0) is 21.2. The molecule has 5 rings (SSSR count). The largest absolute Gasteiger partial charge is 0.495 e. The summed E-state index contributed by atoms with van der Waals surface area (Å²) in [5.74, 6) is 2.56. The Bertz CT molecular complexity index is 1390. The molecule has 0 radical (unpaired) electrons. The zero-order valence-corrected chi connectivity index (χ0v) is 17.2. The monoisotopic (exact) mass is 429 g/mol. The van der Waals surface area contributed by atoms with Gasteiger partial charge in [0.15, 0.2) is 16.7 Å². The van der Waals surface area contributed by atoms with Gasteiger partial charge in [-0.15, -0.1) is 10.2 Å². The van der Waals surface area contributed by atoms with Gasteiger partial charge in [-0.25, -0.2) is 4.98 Å². The van der Waals surface area contributed by atoms with Gasteiger partial charge in [-0.2, -0.15) is 0 Å². The maximum atomic E-state index is 6.15. The number of nitrogens with one attached hydrogen (secondary N) is 1. The van der Waals surface area contributed by atoms with Crippen molar-refractivity contribution in [2.45, 2.75) is 0 Å². The lowest BCUT2D eigenvalue weighted by Gasteiger charge is -2.11. The summed E-state index contributed by atoms with van der Waals surface area (Å²) >= 11 is 6.15. The molecular formula is C23H16ClN5O2. The SMILES string of the molecule is COc1cnc2c(Oc3ccc(Nc4nnc(Cl)c5ccccc45)cc3)ccnc2c1. The Morgan fingerprint density at radius 2 is 1.68 bits per heavy atom. The first kappa shape index (κ1) is 19.0. The molecule has 0 amide bonds. The number of ether oxygens (including phenoxy) is 2. The Kier molecular flexibility index (Phi) is 4.93. The summed E-state index contributed by atoms with van der Waals surface area (Å²) in [5, 5.41) is 13.6. The van der Waals surface area contributed by atoms with Gasteiger partial charge in [0.2, 0.25) is 0 Å². The van der Waals surface area contributed by atoms with Gasteiger partial charge >= 0.3 is 0 Å². The van der Waals surface area contributed by atoms with Crippen molar-refractivity contribution < 1.29 is 9.47 Å². The van der Waals surface area contributed by atoms with Crippen molar-refractivity contribution in [3.63, 3.8) is 0 Å². The second-order valence-corrected chi connectivity index (χ2v) is 7.05. The van der Waals surface area contributed by atoms with Crippen LogP contribution in [0.4, 0.5) is 11.5 Å². The van der Waals surface area contributed by atoms with Gasteiger partial charge < -0.3 is 14.8 Å². The number of anilines is 2. The van der Waals surface area contributed by atoms with Gasteiger partial charge in [0, 0.05) is 34.8 Å². The maximum absolute atomic E-state index is 6.15. The van der Waals surface area contributed by atoms with E-state index in [4.69, 9.17) is 21.1 Å². The van der Waals surface area contributed by atoms with Crippen LogP contribution < -0.4 is 14.8 Å². The lowest BCUT2D eigenvalue weighted by Crippen LogP contribution is -1.97. The van der Waals surface area contributed by atoms with E-state index < -0.39 is 0 Å². The molecule has 3 heterocycles. The number of nitrogens with zero attached hydrogens (tertiary/aromatic N) is 4. The summed E-state index contributed by atoms with van der Waals surface area (Å²) in [6, 6.07) is 18.9. The summed E-state index contributed by atoms with van der Waals surface area (Å²) in [7, 11) is 1.59. The van der Waals surface area contributed by atoms with Crippen LogP contribution in [-0.4, -0.2) is 27.3 Å². The van der Waals surface area contributed by atoms with E-state index in [1.807, 2.05) is 54.6 Å². The fourth-order valence-electron chi connectivity index (χ4n) is 3.21. The van der Waals surface area contributed by atoms with Crippen LogP contribution in [0.2, 0.25) is 5.15 Å². The molecule has 3 aromatic heterocycles. The standard InChI is InChI=1S/C23H16ClN5O2/c1-30-16-12-19-21(26-13-16)20(10-11-25-19)31-15-8-6-14(7-9-15)27-23-18-5-3-2-4-17(18)22(24)28-29-23/h2-13H,1H3,(H,27,29). The van der Waals surface area contributed by atoms with Crippen LogP contribution in [0.15, 0.2) is 73.1 Å². The number of hydrogen-bond acceptors (Lipinski definition) is 7. The Morgan fingerprint density at radius 3 is 2.48 bits per heavy atom. The van der Waals surface area contributed by atoms with Crippen molar-refractivity contribution >= 4 is 44.9 Å². The highest BCUT2D eigenvalue weighted by molar-refractivity contribution is 6.34. The number of halogens is 1. The van der Waals surface area contributed by atoms with Crippen molar-refractivity contribution in [1.29, 1.82) is 0 Å². The quantitative estimate of drug-likeness (QED) is 0.379. The molecule has 0 unspecified atom stereocenters. The second kappa shape index (κ2) is 8.04. The first-order valence-electron chi connectivity index (χ1n) is 9.46. The minimum atomic E-state index is 0.376. The number of hydrogen-bond donors (Lipinski definition) is 1. The molecule has 0 spiro atoms. The van der Waals surface area contributed by atoms with E-state index in [0.717, 1.165) is 16.5 Å². The van der Waals surface area contributed by atoms with Gasteiger partial charge in [-0.05, 0) is 24.3 Å². The van der Waals surface area contributed by atoms with Gasteiger partial charge in [-0.1, -0.05) is 35.9 Å². The van der Waals surface area contributed by atoms with Crippen molar-refractivity contribution in [1.82, 2.24) is 20.2 Å². The normalized spacial score (nSPS) is 10.9. The van der Waals surface area contributed by atoms with Gasteiger partial charge in [0.25, 0.3) is 0 Å². The minimum absolute atomic E-state index is 0.376. The van der Waals surface area contributed by atoms with Crippen LogP contribution in [0.1, 0.15) is 0 Å². The first-order chi connectivity index (χ1) is 15.2. The molecule has 0 aliphatic heterocycles. The fraction of sp³-hybridized carbons (Fsp3) is 0.0435. The van der Waals surface area contributed by atoms with E-state index in [-0.39, 0.29) is 0 Å². The van der Waals surface area contributed by atoms with Crippen LogP contribution in [0, 0.1) is 0 Å². The first-order valence-corrected chi connectivity index (χ1v) is 9.84. The maximum Gasteiger partial charge on any atom is 0.161 e. The van der Waals surface area contributed by atoms with E-state index in [2.05, 4.69) is 25.5 Å². The van der Waals surface area contributed by atoms with E-state index in [0.29, 0.717) is 39.3 Å². The highest BCUT2D eigenvalue weighted by atomic mass is 35.5. The molecule has 5 aromatic rings. The van der Waals surface area contributed by atoms with Gasteiger partial charge in [-0.3, -0.25) is 4.98 Å². The molecule has 0 fully saturated rings. The van der Waals surface area contributed by atoms with Gasteiger partial charge in [0.05, 0.1) is 18.8 Å². The summed E-state index contributed by atoms with van der Waals surface area (Å²) in [6.45, 7) is 0. The predicted octanol–water partition coefficient (Wildman–Crippen LogP) is 5.77. The molecule has 0 aliphatic rings.